The van der Waals surface area contributed by atoms with E-state index in [1.807, 2.05) is 12.1 Å². The van der Waals surface area contributed by atoms with Crippen LogP contribution in [0.25, 0.3) is 0 Å². The van der Waals surface area contributed by atoms with Crippen LogP contribution in [0.4, 0.5) is 0 Å². The molecule has 3 N–H and O–H groups in total. The Morgan fingerprint density at radius 1 is 1.12 bits per heavy atom. The van der Waals surface area contributed by atoms with Crippen molar-refractivity contribution in [3.8, 4) is 17.6 Å². The Bertz CT molecular complexity index is 1620. The SMILES string of the molecule is CCOC(=O)C1=C(C)NC(=S)N[C@H]1c1ccccc1OCC(=O)NN=Cc1cc(Cl)ccc1OCc1ccc(C#N)cc1. The summed E-state index contributed by atoms with van der Waals surface area (Å²) in [5.41, 5.74) is 5.96. The molecule has 0 aliphatic carbocycles. The zero-order valence-corrected chi connectivity index (χ0v) is 24.9. The Hall–Kier alpha value is -4.92. The van der Waals surface area contributed by atoms with Gasteiger partial charge in [0.1, 0.15) is 18.1 Å². The van der Waals surface area contributed by atoms with E-state index >= 15 is 0 Å². The van der Waals surface area contributed by atoms with Crippen LogP contribution in [0.1, 0.15) is 42.1 Å². The molecule has 0 unspecified atom stereocenters. The Balaban J connectivity index is 1.40. The van der Waals surface area contributed by atoms with Crippen molar-refractivity contribution < 1.29 is 23.8 Å². The number of hydrogen-bond donors (Lipinski definition) is 3. The van der Waals surface area contributed by atoms with Crippen LogP contribution in [0.2, 0.25) is 5.02 Å². The lowest BCUT2D eigenvalue weighted by Gasteiger charge is -2.30. The first-order valence-electron chi connectivity index (χ1n) is 13.2. The second-order valence-corrected chi connectivity index (χ2v) is 10.0. The van der Waals surface area contributed by atoms with Gasteiger partial charge in [-0.05, 0) is 68.0 Å². The maximum atomic E-state index is 12.7. The molecule has 0 saturated carbocycles. The van der Waals surface area contributed by atoms with Crippen LogP contribution < -0.4 is 25.5 Å². The maximum Gasteiger partial charge on any atom is 0.338 e. The van der Waals surface area contributed by atoms with E-state index in [0.29, 0.717) is 49.6 Å². The number of rotatable bonds is 11. The van der Waals surface area contributed by atoms with Gasteiger partial charge < -0.3 is 24.8 Å². The van der Waals surface area contributed by atoms with E-state index in [9.17, 15) is 9.59 Å². The molecule has 12 heteroatoms. The molecule has 43 heavy (non-hydrogen) atoms. The number of benzene rings is 3. The average molecular weight is 618 g/mol. The summed E-state index contributed by atoms with van der Waals surface area (Å²) in [6.07, 6.45) is 1.42. The Labute approximate surface area is 259 Å². The normalized spacial score (nSPS) is 14.4. The quantitative estimate of drug-likeness (QED) is 0.121. The fourth-order valence-corrected chi connectivity index (χ4v) is 4.65. The number of para-hydroxylation sites is 1. The van der Waals surface area contributed by atoms with Gasteiger partial charge in [0, 0.05) is 21.8 Å². The first-order chi connectivity index (χ1) is 20.8. The average Bonchev–Trinajstić information content (AvgIpc) is 2.99. The third-order valence-electron chi connectivity index (χ3n) is 6.20. The summed E-state index contributed by atoms with van der Waals surface area (Å²) in [5, 5.41) is 19.9. The number of hydrazone groups is 1. The highest BCUT2D eigenvalue weighted by molar-refractivity contribution is 7.80. The van der Waals surface area contributed by atoms with Crippen LogP contribution in [0.5, 0.6) is 11.5 Å². The highest BCUT2D eigenvalue weighted by Crippen LogP contribution is 2.33. The van der Waals surface area contributed by atoms with Gasteiger partial charge in [-0.25, -0.2) is 10.2 Å². The number of halogens is 1. The first kappa shape index (κ1) is 31.0. The molecule has 1 amide bonds. The van der Waals surface area contributed by atoms with Crippen LogP contribution >= 0.6 is 23.8 Å². The number of carbonyl (C=O) groups is 2. The third kappa shape index (κ3) is 8.31. The van der Waals surface area contributed by atoms with Crippen molar-refractivity contribution >= 4 is 47.0 Å². The van der Waals surface area contributed by atoms with Crippen molar-refractivity contribution in [3.63, 3.8) is 0 Å². The highest BCUT2D eigenvalue weighted by Gasteiger charge is 2.32. The molecule has 1 heterocycles. The van der Waals surface area contributed by atoms with Gasteiger partial charge in [-0.2, -0.15) is 10.4 Å². The largest absolute Gasteiger partial charge is 0.488 e. The van der Waals surface area contributed by atoms with E-state index < -0.39 is 17.9 Å². The fourth-order valence-electron chi connectivity index (χ4n) is 4.19. The van der Waals surface area contributed by atoms with Crippen molar-refractivity contribution in [2.45, 2.75) is 26.5 Å². The molecular weight excluding hydrogens is 590 g/mol. The summed E-state index contributed by atoms with van der Waals surface area (Å²) in [4.78, 5) is 25.4. The van der Waals surface area contributed by atoms with E-state index in [2.05, 4.69) is 27.2 Å². The van der Waals surface area contributed by atoms with Crippen LogP contribution in [0.3, 0.4) is 0 Å². The number of nitriles is 1. The van der Waals surface area contributed by atoms with E-state index in [4.69, 9.17) is 43.3 Å². The number of ether oxygens (including phenoxy) is 3. The minimum absolute atomic E-state index is 0.214. The van der Waals surface area contributed by atoms with Crippen LogP contribution in [0, 0.1) is 11.3 Å². The second kappa shape index (κ2) is 14.8. The molecule has 3 aromatic carbocycles. The summed E-state index contributed by atoms with van der Waals surface area (Å²) >= 11 is 11.5. The van der Waals surface area contributed by atoms with Crippen molar-refractivity contribution in [1.29, 1.82) is 5.26 Å². The number of nitrogens with zero attached hydrogens (tertiary/aromatic N) is 2. The predicted molar refractivity (Wildman–Crippen MR) is 166 cm³/mol. The summed E-state index contributed by atoms with van der Waals surface area (Å²) in [5.74, 6) is -0.119. The zero-order chi connectivity index (χ0) is 30.8. The van der Waals surface area contributed by atoms with Gasteiger partial charge in [0.2, 0.25) is 0 Å². The number of esters is 1. The summed E-state index contributed by atoms with van der Waals surface area (Å²) < 4.78 is 17.0. The molecule has 4 rings (SSSR count). The molecule has 0 bridgehead atoms. The molecule has 3 aromatic rings. The zero-order valence-electron chi connectivity index (χ0n) is 23.3. The van der Waals surface area contributed by atoms with Gasteiger partial charge in [0.15, 0.2) is 11.7 Å². The Morgan fingerprint density at radius 2 is 1.88 bits per heavy atom. The van der Waals surface area contributed by atoms with E-state index in [1.165, 1.54) is 6.21 Å². The first-order valence-corrected chi connectivity index (χ1v) is 14.0. The van der Waals surface area contributed by atoms with E-state index in [0.717, 1.165) is 5.56 Å². The molecule has 0 spiro atoms. The molecule has 0 saturated heterocycles. The molecule has 1 aliphatic heterocycles. The maximum absolute atomic E-state index is 12.7. The summed E-state index contributed by atoms with van der Waals surface area (Å²) in [6.45, 7) is 3.60. The van der Waals surface area contributed by atoms with Gasteiger partial charge in [-0.3, -0.25) is 4.79 Å². The van der Waals surface area contributed by atoms with Crippen molar-refractivity contribution in [3.05, 3.63) is 105 Å². The van der Waals surface area contributed by atoms with Crippen LogP contribution in [0.15, 0.2) is 83.1 Å². The minimum atomic E-state index is -0.643. The monoisotopic (exact) mass is 617 g/mol. The van der Waals surface area contributed by atoms with Crippen LogP contribution in [-0.2, 0) is 20.9 Å². The molecule has 0 radical (unpaired) electrons. The standard InChI is InChI=1S/C31H28ClN5O5S/c1-3-40-30(39)28-19(2)35-31(43)36-29(28)24-6-4-5-7-26(24)42-18-27(38)37-34-16-22-14-23(32)12-13-25(22)41-17-21-10-8-20(15-33)9-11-21/h4-14,16,29H,3,17-18H2,1-2H3,(H,37,38)(H2,35,36,43)/t29-/m0/s1. The lowest BCUT2D eigenvalue weighted by atomic mass is 9.95. The van der Waals surface area contributed by atoms with E-state index in [1.54, 1.807) is 68.4 Å². The van der Waals surface area contributed by atoms with E-state index in [-0.39, 0.29) is 19.8 Å². The third-order valence-corrected chi connectivity index (χ3v) is 6.65. The summed E-state index contributed by atoms with van der Waals surface area (Å²) in [6, 6.07) is 20.6. The van der Waals surface area contributed by atoms with Gasteiger partial charge in [0.25, 0.3) is 5.91 Å². The number of thiocarbonyl (C=S) groups is 1. The highest BCUT2D eigenvalue weighted by atomic mass is 35.5. The fraction of sp³-hybridized carbons (Fsp3) is 0.194. The predicted octanol–water partition coefficient (Wildman–Crippen LogP) is 4.68. The van der Waals surface area contributed by atoms with Crippen LogP contribution in [-0.4, -0.2) is 36.4 Å². The molecule has 0 aromatic heterocycles. The molecule has 0 fully saturated rings. The van der Waals surface area contributed by atoms with Gasteiger partial charge in [-0.1, -0.05) is 41.9 Å². The number of hydrogen-bond acceptors (Lipinski definition) is 8. The van der Waals surface area contributed by atoms with Crippen molar-refractivity contribution in [1.82, 2.24) is 16.1 Å². The van der Waals surface area contributed by atoms with Crippen molar-refractivity contribution in [2.24, 2.45) is 5.10 Å². The molecule has 220 valence electrons. The van der Waals surface area contributed by atoms with Gasteiger partial charge >= 0.3 is 5.97 Å². The lowest BCUT2D eigenvalue weighted by molar-refractivity contribution is -0.139. The second-order valence-electron chi connectivity index (χ2n) is 9.19. The topological polar surface area (TPSA) is 134 Å². The molecule has 1 atom stereocenters. The number of amides is 1. The molecule has 1 aliphatic rings. The number of nitrogens with one attached hydrogen (secondary N) is 3. The molecular formula is C31H28ClN5O5S. The Morgan fingerprint density at radius 3 is 2.63 bits per heavy atom. The Kier molecular flexibility index (Phi) is 10.7. The lowest BCUT2D eigenvalue weighted by Crippen LogP contribution is -2.45. The van der Waals surface area contributed by atoms with Gasteiger partial charge in [-0.15, -0.1) is 0 Å². The van der Waals surface area contributed by atoms with Gasteiger partial charge in [0.05, 0.1) is 36.1 Å². The minimum Gasteiger partial charge on any atom is -0.488 e. The summed E-state index contributed by atoms with van der Waals surface area (Å²) in [7, 11) is 0. The van der Waals surface area contributed by atoms with Crippen molar-refractivity contribution in [2.75, 3.05) is 13.2 Å². The number of allylic oxidation sites excluding steroid dienone is 1. The molecule has 10 nitrogen and oxygen atoms in total. The smallest absolute Gasteiger partial charge is 0.338 e. The number of carbonyl (C=O) groups excluding carboxylic acids is 2.